The molecule has 2 aromatic rings. The lowest BCUT2D eigenvalue weighted by Gasteiger charge is -2.34. The zero-order valence-corrected chi connectivity index (χ0v) is 20.6. The van der Waals surface area contributed by atoms with Gasteiger partial charge in [0.1, 0.15) is 11.7 Å². The largest absolute Gasteiger partial charge is 0.467 e. The summed E-state index contributed by atoms with van der Waals surface area (Å²) in [5.74, 6) is -0.881. The van der Waals surface area contributed by atoms with Gasteiger partial charge in [-0.1, -0.05) is 24.3 Å². The highest BCUT2D eigenvalue weighted by Crippen LogP contribution is 2.34. The van der Waals surface area contributed by atoms with Crippen LogP contribution in [-0.4, -0.2) is 52.7 Å². The van der Waals surface area contributed by atoms with Crippen molar-refractivity contribution in [3.8, 4) is 0 Å². The number of ether oxygens (including phenoxy) is 3. The molecule has 3 rings (SSSR count). The number of esters is 2. The summed E-state index contributed by atoms with van der Waals surface area (Å²) in [6, 6.07) is 9.46. The number of hydrogen-bond acceptors (Lipinski definition) is 7. The standard InChI is InChI=1S/C26H32N2O6/c1-17(33-18(2)29)21-11-10-20-9-8-19(16-22(20)27-21)12-14-26(23(30)32-6)13-7-15-28(26)24(31)34-25(3,4)5/h8-12,14,16-17H,7,13,15H2,1-6H3/t17-,26+/m1/s1. The van der Waals surface area contributed by atoms with E-state index in [1.54, 1.807) is 39.8 Å². The number of likely N-dealkylation sites (tertiary alicyclic amines) is 1. The van der Waals surface area contributed by atoms with Crippen LogP contribution in [0.15, 0.2) is 36.4 Å². The zero-order valence-electron chi connectivity index (χ0n) is 20.6. The Bertz CT molecular complexity index is 1120. The molecule has 0 bridgehead atoms. The molecule has 8 nitrogen and oxygen atoms in total. The van der Waals surface area contributed by atoms with Crippen molar-refractivity contribution < 1.29 is 28.6 Å². The average molecular weight is 469 g/mol. The molecule has 1 aromatic heterocycles. The van der Waals surface area contributed by atoms with Gasteiger partial charge in [-0.3, -0.25) is 9.69 Å². The molecular weight excluding hydrogens is 436 g/mol. The van der Waals surface area contributed by atoms with Gasteiger partial charge in [-0.05, 0) is 64.3 Å². The first-order valence-corrected chi connectivity index (χ1v) is 11.3. The summed E-state index contributed by atoms with van der Waals surface area (Å²) in [5, 5.41) is 0.926. The summed E-state index contributed by atoms with van der Waals surface area (Å²) < 4.78 is 15.9. The van der Waals surface area contributed by atoms with Gasteiger partial charge in [0, 0.05) is 18.9 Å². The minimum absolute atomic E-state index is 0.370. The molecule has 0 N–H and O–H groups in total. The van der Waals surface area contributed by atoms with Crippen LogP contribution in [0, 0.1) is 0 Å². The second-order valence-electron chi connectivity index (χ2n) is 9.42. The lowest BCUT2D eigenvalue weighted by atomic mass is 9.94. The van der Waals surface area contributed by atoms with E-state index in [1.807, 2.05) is 30.3 Å². The van der Waals surface area contributed by atoms with Crippen molar-refractivity contribution >= 4 is 35.0 Å². The number of carbonyl (C=O) groups is 3. The van der Waals surface area contributed by atoms with E-state index in [9.17, 15) is 14.4 Å². The van der Waals surface area contributed by atoms with Crippen molar-refractivity contribution in [2.24, 2.45) is 0 Å². The fourth-order valence-electron chi connectivity index (χ4n) is 4.07. The van der Waals surface area contributed by atoms with Crippen LogP contribution < -0.4 is 0 Å². The average Bonchev–Trinajstić information content (AvgIpc) is 3.20. The van der Waals surface area contributed by atoms with Crippen LogP contribution in [0.25, 0.3) is 17.0 Å². The zero-order chi connectivity index (χ0) is 25.1. The summed E-state index contributed by atoms with van der Waals surface area (Å²) in [4.78, 5) is 43.1. The first-order valence-electron chi connectivity index (χ1n) is 11.3. The maximum atomic E-state index is 12.9. The van der Waals surface area contributed by atoms with Gasteiger partial charge in [0.25, 0.3) is 0 Å². The smallest absolute Gasteiger partial charge is 0.411 e. The molecule has 34 heavy (non-hydrogen) atoms. The maximum absolute atomic E-state index is 12.9. The van der Waals surface area contributed by atoms with Crippen LogP contribution in [0.4, 0.5) is 4.79 Å². The normalized spacial score (nSPS) is 19.3. The summed E-state index contributed by atoms with van der Waals surface area (Å²) in [6.07, 6.45) is 3.57. The van der Waals surface area contributed by atoms with Gasteiger partial charge < -0.3 is 14.2 Å². The molecule has 2 heterocycles. The van der Waals surface area contributed by atoms with Crippen LogP contribution in [0.1, 0.15) is 64.8 Å². The Morgan fingerprint density at radius 3 is 2.53 bits per heavy atom. The molecule has 1 fully saturated rings. The van der Waals surface area contributed by atoms with Gasteiger partial charge in [0.2, 0.25) is 0 Å². The Morgan fingerprint density at radius 2 is 1.88 bits per heavy atom. The van der Waals surface area contributed by atoms with E-state index in [2.05, 4.69) is 4.98 Å². The van der Waals surface area contributed by atoms with E-state index < -0.39 is 29.3 Å². The van der Waals surface area contributed by atoms with Crippen molar-refractivity contribution in [1.29, 1.82) is 0 Å². The fourth-order valence-corrected chi connectivity index (χ4v) is 4.07. The van der Waals surface area contributed by atoms with Crippen LogP contribution in [0.2, 0.25) is 0 Å². The number of amides is 1. The molecular formula is C26H32N2O6. The van der Waals surface area contributed by atoms with Gasteiger partial charge in [0.15, 0.2) is 5.54 Å². The molecule has 1 aromatic carbocycles. The van der Waals surface area contributed by atoms with E-state index in [-0.39, 0.29) is 5.97 Å². The van der Waals surface area contributed by atoms with E-state index in [4.69, 9.17) is 14.2 Å². The number of aromatic nitrogens is 1. The third-order valence-electron chi connectivity index (χ3n) is 5.62. The maximum Gasteiger partial charge on any atom is 0.411 e. The van der Waals surface area contributed by atoms with Gasteiger partial charge in [-0.15, -0.1) is 0 Å². The minimum atomic E-state index is -1.24. The first kappa shape index (κ1) is 25.2. The molecule has 0 aliphatic carbocycles. The molecule has 8 heteroatoms. The summed E-state index contributed by atoms with van der Waals surface area (Å²) >= 11 is 0. The number of hydrogen-bond donors (Lipinski definition) is 0. The summed E-state index contributed by atoms with van der Waals surface area (Å²) in [6.45, 7) is 8.89. The summed E-state index contributed by atoms with van der Waals surface area (Å²) in [5.41, 5.74) is 0.237. The Labute approximate surface area is 199 Å². The SMILES string of the molecule is COC(=O)[C@@]1(C=Cc2ccc3ccc([C@@H](C)OC(C)=O)nc3c2)CCCN1C(=O)OC(C)(C)C. The van der Waals surface area contributed by atoms with Crippen LogP contribution in [0.5, 0.6) is 0 Å². The highest BCUT2D eigenvalue weighted by atomic mass is 16.6. The Kier molecular flexibility index (Phi) is 7.29. The number of fused-ring (bicyclic) bond motifs is 1. The van der Waals surface area contributed by atoms with Crippen molar-refractivity contribution in [2.75, 3.05) is 13.7 Å². The molecule has 0 saturated carbocycles. The lowest BCUT2D eigenvalue weighted by molar-refractivity contribution is -0.150. The van der Waals surface area contributed by atoms with E-state index >= 15 is 0 Å². The van der Waals surface area contributed by atoms with Gasteiger partial charge >= 0.3 is 18.0 Å². The fraction of sp³-hybridized carbons (Fsp3) is 0.462. The molecule has 0 radical (unpaired) electrons. The van der Waals surface area contributed by atoms with Crippen molar-refractivity contribution in [3.63, 3.8) is 0 Å². The Hall–Kier alpha value is -3.42. The molecule has 1 aliphatic heterocycles. The predicted octanol–water partition coefficient (Wildman–Crippen LogP) is 4.81. The quantitative estimate of drug-likeness (QED) is 0.459. The number of benzene rings is 1. The number of carbonyl (C=O) groups excluding carboxylic acids is 3. The number of nitrogens with zero attached hydrogens (tertiary/aromatic N) is 2. The van der Waals surface area contributed by atoms with Gasteiger partial charge in [0.05, 0.1) is 18.3 Å². The monoisotopic (exact) mass is 468 g/mol. The van der Waals surface area contributed by atoms with Crippen molar-refractivity contribution in [2.45, 2.75) is 64.7 Å². The molecule has 182 valence electrons. The van der Waals surface area contributed by atoms with E-state index in [0.29, 0.717) is 25.1 Å². The Balaban J connectivity index is 1.94. The molecule has 0 unspecified atom stereocenters. The molecule has 1 saturated heterocycles. The van der Waals surface area contributed by atoms with Crippen LogP contribution in [0.3, 0.4) is 0 Å². The first-order chi connectivity index (χ1) is 15.9. The molecule has 2 atom stereocenters. The van der Waals surface area contributed by atoms with E-state index in [1.165, 1.54) is 18.9 Å². The topological polar surface area (TPSA) is 95.0 Å². The third-order valence-corrected chi connectivity index (χ3v) is 5.62. The van der Waals surface area contributed by atoms with Gasteiger partial charge in [-0.2, -0.15) is 0 Å². The highest BCUT2D eigenvalue weighted by molar-refractivity contribution is 5.90. The number of rotatable bonds is 5. The van der Waals surface area contributed by atoms with Crippen molar-refractivity contribution in [3.05, 3.63) is 47.7 Å². The van der Waals surface area contributed by atoms with E-state index in [0.717, 1.165) is 16.5 Å². The minimum Gasteiger partial charge on any atom is -0.467 e. The number of methoxy groups -OCH3 is 1. The van der Waals surface area contributed by atoms with Crippen molar-refractivity contribution in [1.82, 2.24) is 9.88 Å². The van der Waals surface area contributed by atoms with Gasteiger partial charge in [-0.25, -0.2) is 14.6 Å². The van der Waals surface area contributed by atoms with Crippen LogP contribution >= 0.6 is 0 Å². The predicted molar refractivity (Wildman–Crippen MR) is 128 cm³/mol. The molecule has 0 spiro atoms. The Morgan fingerprint density at radius 1 is 1.18 bits per heavy atom. The number of pyridine rings is 1. The van der Waals surface area contributed by atoms with Crippen LogP contribution in [-0.2, 0) is 23.8 Å². The second kappa shape index (κ2) is 9.83. The highest BCUT2D eigenvalue weighted by Gasteiger charge is 2.50. The molecule has 1 amide bonds. The third kappa shape index (κ3) is 5.55. The summed E-state index contributed by atoms with van der Waals surface area (Å²) in [7, 11) is 1.31. The second-order valence-corrected chi connectivity index (χ2v) is 9.42. The lowest BCUT2D eigenvalue weighted by Crippen LogP contribution is -2.53. The molecule has 1 aliphatic rings.